The average molecular weight is 183 g/mol. The summed E-state index contributed by atoms with van der Waals surface area (Å²) in [5.41, 5.74) is 1.03. The van der Waals surface area contributed by atoms with Crippen LogP contribution in [0.1, 0.15) is 6.92 Å². The van der Waals surface area contributed by atoms with Gasteiger partial charge in [0.15, 0.2) is 5.75 Å². The van der Waals surface area contributed by atoms with Gasteiger partial charge >= 0.3 is 8.53 Å². The molecule has 3 nitrogen and oxygen atoms in total. The first-order chi connectivity index (χ1) is 5.90. The second-order valence-corrected chi connectivity index (χ2v) is 3.55. The number of benzene rings is 1. The largest absolute Gasteiger partial charge is 0.430 e. The Bertz CT molecular complexity index is 255. The Morgan fingerprint density at radius 2 is 2.33 bits per heavy atom. The van der Waals surface area contributed by atoms with Crippen molar-refractivity contribution in [2.45, 2.75) is 6.92 Å². The molecule has 1 aromatic rings. The molecular weight excluding hydrogens is 173 g/mol. The second-order valence-electron chi connectivity index (χ2n) is 2.37. The molecule has 0 saturated heterocycles. The summed E-state index contributed by atoms with van der Waals surface area (Å²) < 4.78 is 10.8. The van der Waals surface area contributed by atoms with Crippen molar-refractivity contribution in [1.82, 2.24) is 0 Å². The number of rotatable bonds is 2. The monoisotopic (exact) mass is 183 g/mol. The molecule has 1 aromatic carbocycles. The third-order valence-corrected chi connectivity index (χ3v) is 2.81. The van der Waals surface area contributed by atoms with Crippen LogP contribution in [0.2, 0.25) is 0 Å². The van der Waals surface area contributed by atoms with Crippen molar-refractivity contribution < 1.29 is 9.05 Å². The van der Waals surface area contributed by atoms with Crippen molar-refractivity contribution in [1.29, 1.82) is 0 Å². The molecule has 4 heteroatoms. The number of anilines is 1. The fourth-order valence-corrected chi connectivity index (χ4v) is 2.14. The normalized spacial score (nSPS) is 19.6. The summed E-state index contributed by atoms with van der Waals surface area (Å²) in [4.78, 5) is 0. The number of para-hydroxylation sites is 2. The molecule has 1 aliphatic rings. The van der Waals surface area contributed by atoms with E-state index in [4.69, 9.17) is 9.05 Å². The first-order valence-electron chi connectivity index (χ1n) is 3.87. The SMILES string of the molecule is CCOP1Nc2ccccc2O1. The zero-order valence-corrected chi connectivity index (χ0v) is 7.67. The van der Waals surface area contributed by atoms with Crippen molar-refractivity contribution in [2.75, 3.05) is 11.7 Å². The molecule has 1 N–H and O–H groups in total. The Hall–Kier alpha value is -0.790. The summed E-state index contributed by atoms with van der Waals surface area (Å²) >= 11 is 0. The van der Waals surface area contributed by atoms with Gasteiger partial charge in [0.05, 0.1) is 12.3 Å². The van der Waals surface area contributed by atoms with Gasteiger partial charge in [-0.2, -0.15) is 0 Å². The maximum absolute atomic E-state index is 5.48. The third-order valence-electron chi connectivity index (χ3n) is 1.53. The van der Waals surface area contributed by atoms with E-state index in [0.29, 0.717) is 6.61 Å². The summed E-state index contributed by atoms with van der Waals surface area (Å²) in [6.45, 7) is 2.63. The van der Waals surface area contributed by atoms with Crippen LogP contribution in [0.3, 0.4) is 0 Å². The number of hydrogen-bond acceptors (Lipinski definition) is 3. The molecule has 0 spiro atoms. The molecule has 0 radical (unpaired) electrons. The highest BCUT2D eigenvalue weighted by Crippen LogP contribution is 2.49. The van der Waals surface area contributed by atoms with Crippen LogP contribution in [-0.2, 0) is 4.52 Å². The van der Waals surface area contributed by atoms with Crippen molar-refractivity contribution in [2.24, 2.45) is 0 Å². The van der Waals surface area contributed by atoms with Gasteiger partial charge in [-0.15, -0.1) is 0 Å². The van der Waals surface area contributed by atoms with Crippen LogP contribution in [0, 0.1) is 0 Å². The minimum absolute atomic E-state index is 0.673. The van der Waals surface area contributed by atoms with Gasteiger partial charge < -0.3 is 14.1 Å². The summed E-state index contributed by atoms with van der Waals surface area (Å²) in [7, 11) is -0.922. The van der Waals surface area contributed by atoms with E-state index in [1.807, 2.05) is 31.2 Å². The van der Waals surface area contributed by atoms with E-state index in [0.717, 1.165) is 11.4 Å². The molecule has 0 fully saturated rings. The topological polar surface area (TPSA) is 30.5 Å². The molecule has 12 heavy (non-hydrogen) atoms. The van der Waals surface area contributed by atoms with Crippen LogP contribution < -0.4 is 9.61 Å². The molecule has 0 aliphatic carbocycles. The van der Waals surface area contributed by atoms with Crippen LogP contribution in [0.4, 0.5) is 5.69 Å². The molecule has 1 aliphatic heterocycles. The van der Waals surface area contributed by atoms with Gasteiger partial charge in [0.1, 0.15) is 0 Å². The van der Waals surface area contributed by atoms with Crippen LogP contribution >= 0.6 is 8.53 Å². The van der Waals surface area contributed by atoms with E-state index in [1.54, 1.807) is 0 Å². The van der Waals surface area contributed by atoms with Crippen molar-refractivity contribution in [3.63, 3.8) is 0 Å². The minimum Gasteiger partial charge on any atom is -0.430 e. The van der Waals surface area contributed by atoms with Crippen molar-refractivity contribution >= 4 is 14.2 Å². The maximum atomic E-state index is 5.48. The zero-order chi connectivity index (χ0) is 8.39. The van der Waals surface area contributed by atoms with E-state index >= 15 is 0 Å². The molecule has 64 valence electrons. The van der Waals surface area contributed by atoms with E-state index in [-0.39, 0.29) is 0 Å². The van der Waals surface area contributed by atoms with E-state index < -0.39 is 8.53 Å². The van der Waals surface area contributed by atoms with Gasteiger partial charge in [0, 0.05) is 0 Å². The van der Waals surface area contributed by atoms with Crippen LogP contribution in [0.25, 0.3) is 0 Å². The Kier molecular flexibility index (Phi) is 2.15. The van der Waals surface area contributed by atoms with Crippen LogP contribution in [0.15, 0.2) is 24.3 Å². The lowest BCUT2D eigenvalue weighted by molar-refractivity contribution is 0.342. The minimum atomic E-state index is -0.922. The van der Waals surface area contributed by atoms with Gasteiger partial charge in [0.2, 0.25) is 0 Å². The lowest BCUT2D eigenvalue weighted by atomic mass is 10.3. The molecule has 0 saturated carbocycles. The summed E-state index contributed by atoms with van der Waals surface area (Å²) in [5, 5.41) is 3.16. The lowest BCUT2D eigenvalue weighted by Gasteiger charge is -2.06. The standard InChI is InChI=1S/C8H10NO2P/c1-2-10-12-9-7-5-3-4-6-8(7)11-12/h3-6,9H,2H2,1H3. The zero-order valence-electron chi connectivity index (χ0n) is 6.78. The summed E-state index contributed by atoms with van der Waals surface area (Å²) in [6.07, 6.45) is 0. The average Bonchev–Trinajstić information content (AvgIpc) is 2.47. The van der Waals surface area contributed by atoms with Gasteiger partial charge in [-0.05, 0) is 19.1 Å². The van der Waals surface area contributed by atoms with E-state index in [2.05, 4.69) is 5.09 Å². The first-order valence-corrected chi connectivity index (χ1v) is 5.04. The van der Waals surface area contributed by atoms with Gasteiger partial charge in [-0.3, -0.25) is 0 Å². The molecule has 1 unspecified atom stereocenters. The molecule has 0 bridgehead atoms. The lowest BCUT2D eigenvalue weighted by Crippen LogP contribution is -1.92. The highest BCUT2D eigenvalue weighted by atomic mass is 31.2. The fraction of sp³-hybridized carbons (Fsp3) is 0.250. The predicted octanol–water partition coefficient (Wildman–Crippen LogP) is 2.75. The molecule has 0 aromatic heterocycles. The smallest absolute Gasteiger partial charge is 0.350 e. The quantitative estimate of drug-likeness (QED) is 0.715. The first kappa shape index (κ1) is 7.84. The Morgan fingerprint density at radius 1 is 1.50 bits per heavy atom. The Morgan fingerprint density at radius 3 is 3.08 bits per heavy atom. The summed E-state index contributed by atoms with van der Waals surface area (Å²) in [5.74, 6) is 0.886. The second kappa shape index (κ2) is 3.30. The predicted molar refractivity (Wildman–Crippen MR) is 49.2 cm³/mol. The van der Waals surface area contributed by atoms with Crippen molar-refractivity contribution in [3.8, 4) is 5.75 Å². The molecule has 2 rings (SSSR count). The Labute approximate surface area is 72.7 Å². The maximum Gasteiger partial charge on any atom is 0.350 e. The fourth-order valence-electron chi connectivity index (χ4n) is 1.02. The number of fused-ring (bicyclic) bond motifs is 1. The van der Waals surface area contributed by atoms with Gasteiger partial charge in [0.25, 0.3) is 0 Å². The number of nitrogens with one attached hydrogen (secondary N) is 1. The molecule has 1 heterocycles. The highest BCUT2D eigenvalue weighted by Gasteiger charge is 2.22. The molecule has 1 atom stereocenters. The van der Waals surface area contributed by atoms with Crippen LogP contribution in [-0.4, -0.2) is 6.61 Å². The van der Waals surface area contributed by atoms with Gasteiger partial charge in [-0.25, -0.2) is 0 Å². The van der Waals surface area contributed by atoms with Gasteiger partial charge in [-0.1, -0.05) is 12.1 Å². The molecular formula is C8H10NO2P. The highest BCUT2D eigenvalue weighted by molar-refractivity contribution is 7.50. The van der Waals surface area contributed by atoms with Crippen LogP contribution in [0.5, 0.6) is 5.75 Å². The molecule has 0 amide bonds. The van der Waals surface area contributed by atoms with Crippen molar-refractivity contribution in [3.05, 3.63) is 24.3 Å². The van der Waals surface area contributed by atoms with E-state index in [9.17, 15) is 0 Å². The van der Waals surface area contributed by atoms with E-state index in [1.165, 1.54) is 0 Å². The Balaban J connectivity index is 2.11. The number of hydrogen-bond donors (Lipinski definition) is 1. The third kappa shape index (κ3) is 1.38. The summed E-state index contributed by atoms with van der Waals surface area (Å²) in [6, 6.07) is 7.84.